The molecule has 9 heteroatoms. The monoisotopic (exact) mass is 388 g/mol. The molecule has 0 saturated carbocycles. The quantitative estimate of drug-likeness (QED) is 0.290. The maximum absolute atomic E-state index is 11.2. The second-order valence-corrected chi connectivity index (χ2v) is 6.58. The van der Waals surface area contributed by atoms with Gasteiger partial charge in [-0.3, -0.25) is 4.79 Å². The van der Waals surface area contributed by atoms with Crippen LogP contribution >= 0.6 is 0 Å². The van der Waals surface area contributed by atoms with Crippen LogP contribution in [0.2, 0.25) is 0 Å². The molecule has 0 radical (unpaired) electrons. The van der Waals surface area contributed by atoms with Crippen LogP contribution in [0.5, 0.6) is 5.75 Å². The van der Waals surface area contributed by atoms with E-state index < -0.39 is 21.2 Å². The molecule has 2 aromatic carbocycles. The van der Waals surface area contributed by atoms with Gasteiger partial charge >= 0.3 is 0 Å². The zero-order valence-corrected chi connectivity index (χ0v) is 15.5. The summed E-state index contributed by atoms with van der Waals surface area (Å²) in [5.41, 5.74) is 8.28. The standard InChI is InChI=1S/C18H20N4O4S/c1-12-8-15(22-18(17(19)23)27(24)25)10-16(9-12)26-7-6-13-2-4-14(5-3-13)11-21-20/h2-5,8-11,22H,6-7,20H2,1H3,(H2,19,23). The second-order valence-electron chi connectivity index (χ2n) is 5.71. The first-order chi connectivity index (χ1) is 12.9. The third kappa shape index (κ3) is 6.15. The molecule has 1 amide bonds. The number of amides is 1. The molecule has 2 aromatic rings. The number of nitrogens with one attached hydrogen (secondary N) is 1. The van der Waals surface area contributed by atoms with Crippen molar-refractivity contribution in [3.05, 3.63) is 59.2 Å². The summed E-state index contributed by atoms with van der Waals surface area (Å²) in [5, 5.41) is 5.98. The van der Waals surface area contributed by atoms with Crippen molar-refractivity contribution in [3.63, 3.8) is 0 Å². The number of anilines is 1. The van der Waals surface area contributed by atoms with Crippen molar-refractivity contribution in [2.24, 2.45) is 16.7 Å². The van der Waals surface area contributed by atoms with Crippen LogP contribution in [0.4, 0.5) is 5.69 Å². The Labute approximate surface area is 158 Å². The zero-order valence-electron chi connectivity index (χ0n) is 14.7. The molecule has 0 spiro atoms. The molecule has 0 unspecified atom stereocenters. The summed E-state index contributed by atoms with van der Waals surface area (Å²) in [7, 11) is -2.76. The highest BCUT2D eigenvalue weighted by Crippen LogP contribution is 2.21. The number of hydrogen-bond donors (Lipinski definition) is 3. The number of nitrogens with two attached hydrogens (primary N) is 2. The predicted molar refractivity (Wildman–Crippen MR) is 105 cm³/mol. The van der Waals surface area contributed by atoms with Crippen LogP contribution in [0.15, 0.2) is 47.6 Å². The van der Waals surface area contributed by atoms with E-state index in [1.165, 1.54) is 0 Å². The van der Waals surface area contributed by atoms with E-state index in [0.29, 0.717) is 24.5 Å². The number of carbonyl (C=O) groups excluding carboxylic acids is 1. The van der Waals surface area contributed by atoms with Gasteiger partial charge in [0, 0.05) is 18.2 Å². The fourth-order valence-corrected chi connectivity index (χ4v) is 2.73. The number of aryl methyl sites for hydroxylation is 1. The molecule has 0 atom stereocenters. The fraction of sp³-hybridized carbons (Fsp3) is 0.167. The molecule has 0 aliphatic heterocycles. The van der Waals surface area contributed by atoms with Gasteiger partial charge in [-0.1, -0.05) is 24.3 Å². The van der Waals surface area contributed by atoms with Crippen LogP contribution < -0.4 is 21.6 Å². The highest BCUT2D eigenvalue weighted by Gasteiger charge is 2.10. The molecule has 0 bridgehead atoms. The van der Waals surface area contributed by atoms with Gasteiger partial charge in [-0.25, -0.2) is 0 Å². The average Bonchev–Trinajstić information content (AvgIpc) is 2.60. The lowest BCUT2D eigenvalue weighted by Gasteiger charge is -2.11. The first kappa shape index (κ1) is 20.0. The van der Waals surface area contributed by atoms with Crippen molar-refractivity contribution in [2.45, 2.75) is 13.3 Å². The minimum atomic E-state index is -2.76. The zero-order chi connectivity index (χ0) is 19.8. The first-order valence-electron chi connectivity index (χ1n) is 7.99. The number of rotatable bonds is 6. The van der Waals surface area contributed by atoms with E-state index in [2.05, 4.69) is 10.4 Å². The van der Waals surface area contributed by atoms with Gasteiger partial charge in [0.1, 0.15) is 5.75 Å². The Kier molecular flexibility index (Phi) is 6.95. The molecular formula is C18H20N4O4S. The summed E-state index contributed by atoms with van der Waals surface area (Å²) in [5.74, 6) is 4.60. The van der Waals surface area contributed by atoms with Crippen molar-refractivity contribution in [1.29, 1.82) is 0 Å². The Hall–Kier alpha value is -3.33. The number of benzene rings is 2. The molecule has 0 saturated heterocycles. The topological polar surface area (TPSA) is 137 Å². The molecular weight excluding hydrogens is 368 g/mol. The van der Waals surface area contributed by atoms with Crippen molar-refractivity contribution in [2.75, 3.05) is 11.9 Å². The lowest BCUT2D eigenvalue weighted by molar-refractivity contribution is -0.111. The number of ether oxygens (including phenoxy) is 1. The summed E-state index contributed by atoms with van der Waals surface area (Å²) in [4.78, 5) is 10.6. The molecule has 0 aromatic heterocycles. The Balaban J connectivity index is 2.03. The van der Waals surface area contributed by atoms with Crippen molar-refractivity contribution >= 4 is 33.1 Å². The van der Waals surface area contributed by atoms with Gasteiger partial charge in [-0.2, -0.15) is 13.5 Å². The van der Waals surface area contributed by atoms with Crippen LogP contribution in [0.3, 0.4) is 0 Å². The fourth-order valence-electron chi connectivity index (χ4n) is 2.36. The largest absolute Gasteiger partial charge is 0.493 e. The highest BCUT2D eigenvalue weighted by atomic mass is 32.2. The van der Waals surface area contributed by atoms with Gasteiger partial charge in [0.25, 0.3) is 5.91 Å². The molecule has 0 aliphatic rings. The number of carbonyl (C=O) groups is 1. The summed E-state index contributed by atoms with van der Waals surface area (Å²) < 4.78 is 27.9. The van der Waals surface area contributed by atoms with E-state index in [-0.39, 0.29) is 0 Å². The van der Waals surface area contributed by atoms with E-state index in [9.17, 15) is 13.2 Å². The maximum atomic E-state index is 11.2. The third-order valence-corrected chi connectivity index (χ3v) is 4.20. The van der Waals surface area contributed by atoms with Gasteiger partial charge in [-0.05, 0) is 35.7 Å². The lowest BCUT2D eigenvalue weighted by atomic mass is 10.1. The summed E-state index contributed by atoms with van der Waals surface area (Å²) in [6.45, 7) is 2.25. The molecule has 142 valence electrons. The van der Waals surface area contributed by atoms with Gasteiger partial charge in [0.2, 0.25) is 15.3 Å². The van der Waals surface area contributed by atoms with E-state index in [1.807, 2.05) is 37.3 Å². The van der Waals surface area contributed by atoms with Crippen LogP contribution in [-0.4, -0.2) is 32.1 Å². The SMILES string of the molecule is Cc1cc(NC(C(N)=O)=S(=O)=O)cc(OCCc2ccc(C=NN)cc2)c1. The smallest absolute Gasteiger partial charge is 0.281 e. The number of nitrogens with zero attached hydrogens (tertiary/aromatic N) is 1. The number of hydrogen-bond acceptors (Lipinski definition) is 6. The lowest BCUT2D eigenvalue weighted by Crippen LogP contribution is -2.30. The molecule has 2 rings (SSSR count). The van der Waals surface area contributed by atoms with Gasteiger partial charge in [-0.15, -0.1) is 0 Å². The normalized spacial score (nSPS) is 10.6. The molecule has 0 aliphatic carbocycles. The molecule has 0 fully saturated rings. The van der Waals surface area contributed by atoms with Crippen molar-refractivity contribution in [1.82, 2.24) is 0 Å². The Bertz CT molecular complexity index is 975. The maximum Gasteiger partial charge on any atom is 0.281 e. The minimum Gasteiger partial charge on any atom is -0.493 e. The van der Waals surface area contributed by atoms with E-state index >= 15 is 0 Å². The van der Waals surface area contributed by atoms with Gasteiger partial charge in [0.05, 0.1) is 12.8 Å². The molecule has 27 heavy (non-hydrogen) atoms. The predicted octanol–water partition coefficient (Wildman–Crippen LogP) is 0.815. The van der Waals surface area contributed by atoms with Crippen molar-refractivity contribution < 1.29 is 17.9 Å². The van der Waals surface area contributed by atoms with E-state index in [4.69, 9.17) is 16.3 Å². The van der Waals surface area contributed by atoms with Gasteiger partial charge < -0.3 is 21.6 Å². The van der Waals surface area contributed by atoms with Crippen molar-refractivity contribution in [3.8, 4) is 5.75 Å². The van der Waals surface area contributed by atoms with E-state index in [0.717, 1.165) is 16.7 Å². The minimum absolute atomic E-state index is 0.397. The highest BCUT2D eigenvalue weighted by molar-refractivity contribution is 7.75. The second kappa shape index (κ2) is 9.39. The third-order valence-electron chi connectivity index (χ3n) is 3.56. The summed E-state index contributed by atoms with van der Waals surface area (Å²) in [6.07, 6.45) is 2.24. The van der Waals surface area contributed by atoms with E-state index in [1.54, 1.807) is 18.3 Å². The Morgan fingerprint density at radius 3 is 2.52 bits per heavy atom. The summed E-state index contributed by atoms with van der Waals surface area (Å²) in [6, 6.07) is 12.8. The number of hydrazone groups is 1. The van der Waals surface area contributed by atoms with Crippen LogP contribution in [0.25, 0.3) is 0 Å². The Morgan fingerprint density at radius 1 is 1.22 bits per heavy atom. The Morgan fingerprint density at radius 2 is 1.93 bits per heavy atom. The van der Waals surface area contributed by atoms with Crippen LogP contribution in [0, 0.1) is 6.92 Å². The summed E-state index contributed by atoms with van der Waals surface area (Å²) >= 11 is 0. The first-order valence-corrected chi connectivity index (χ1v) is 9.06. The number of primary amides is 1. The van der Waals surface area contributed by atoms with Crippen LogP contribution in [-0.2, 0) is 21.5 Å². The molecule has 5 N–H and O–H groups in total. The average molecular weight is 388 g/mol. The molecule has 0 heterocycles. The van der Waals surface area contributed by atoms with Crippen LogP contribution in [0.1, 0.15) is 16.7 Å². The molecule has 8 nitrogen and oxygen atoms in total. The van der Waals surface area contributed by atoms with Gasteiger partial charge in [0.15, 0.2) is 0 Å².